The first-order chi connectivity index (χ1) is 8.19. The van der Waals surface area contributed by atoms with E-state index in [1.807, 2.05) is 0 Å². The van der Waals surface area contributed by atoms with Gasteiger partial charge in [-0.25, -0.2) is 0 Å². The van der Waals surface area contributed by atoms with Crippen molar-refractivity contribution in [1.82, 2.24) is 5.32 Å². The van der Waals surface area contributed by atoms with Crippen molar-refractivity contribution in [2.24, 2.45) is 11.8 Å². The van der Waals surface area contributed by atoms with Gasteiger partial charge >= 0.3 is 0 Å². The van der Waals surface area contributed by atoms with Gasteiger partial charge < -0.3 is 10.1 Å². The Bertz CT molecular complexity index is 272. The van der Waals surface area contributed by atoms with Crippen molar-refractivity contribution in [3.8, 4) is 0 Å². The molecule has 2 nitrogen and oxygen atoms in total. The molecule has 0 aromatic carbocycles. The second-order valence-electron chi connectivity index (χ2n) is 6.91. The zero-order valence-corrected chi connectivity index (χ0v) is 11.4. The first-order valence-corrected chi connectivity index (χ1v) is 7.58. The molecule has 3 fully saturated rings. The number of ether oxygens (including phenoxy) is 1. The Balaban J connectivity index is 1.71. The molecule has 17 heavy (non-hydrogen) atoms. The Morgan fingerprint density at radius 2 is 1.82 bits per heavy atom. The SMILES string of the molecule is CC1CC(C)C2NC3(CCCCC3)COC2C1. The highest BCUT2D eigenvalue weighted by Gasteiger charge is 2.45. The van der Waals surface area contributed by atoms with Gasteiger partial charge in [-0.3, -0.25) is 0 Å². The van der Waals surface area contributed by atoms with Crippen molar-refractivity contribution in [3.63, 3.8) is 0 Å². The van der Waals surface area contributed by atoms with Gasteiger partial charge in [-0.15, -0.1) is 0 Å². The number of hydrogen-bond donors (Lipinski definition) is 1. The maximum atomic E-state index is 6.25. The summed E-state index contributed by atoms with van der Waals surface area (Å²) in [4.78, 5) is 0. The lowest BCUT2D eigenvalue weighted by atomic mass is 9.73. The van der Waals surface area contributed by atoms with Crippen LogP contribution in [0.3, 0.4) is 0 Å². The van der Waals surface area contributed by atoms with E-state index in [1.54, 1.807) is 0 Å². The van der Waals surface area contributed by atoms with E-state index in [-0.39, 0.29) is 0 Å². The van der Waals surface area contributed by atoms with Crippen LogP contribution in [0, 0.1) is 11.8 Å². The Morgan fingerprint density at radius 1 is 1.06 bits per heavy atom. The Kier molecular flexibility index (Phi) is 3.20. The van der Waals surface area contributed by atoms with Crippen molar-refractivity contribution < 1.29 is 4.74 Å². The molecule has 1 heterocycles. The van der Waals surface area contributed by atoms with Gasteiger partial charge in [-0.1, -0.05) is 33.1 Å². The molecule has 2 heteroatoms. The molecule has 0 aromatic rings. The summed E-state index contributed by atoms with van der Waals surface area (Å²) in [6.45, 7) is 5.75. The molecule has 3 aliphatic rings. The Hall–Kier alpha value is -0.0800. The number of rotatable bonds is 0. The molecule has 0 radical (unpaired) electrons. The molecular formula is C15H27NO. The van der Waals surface area contributed by atoms with Crippen LogP contribution in [0.4, 0.5) is 0 Å². The molecule has 0 bridgehead atoms. The average Bonchev–Trinajstić information content (AvgIpc) is 2.32. The molecule has 1 N–H and O–H groups in total. The van der Waals surface area contributed by atoms with Crippen LogP contribution in [0.15, 0.2) is 0 Å². The van der Waals surface area contributed by atoms with Crippen molar-refractivity contribution in [2.75, 3.05) is 6.61 Å². The fourth-order valence-electron chi connectivity index (χ4n) is 4.37. The number of morpholine rings is 1. The van der Waals surface area contributed by atoms with Gasteiger partial charge in [0.25, 0.3) is 0 Å². The van der Waals surface area contributed by atoms with E-state index in [4.69, 9.17) is 4.74 Å². The first-order valence-electron chi connectivity index (χ1n) is 7.58. The highest BCUT2D eigenvalue weighted by atomic mass is 16.5. The van der Waals surface area contributed by atoms with Gasteiger partial charge in [0.1, 0.15) is 0 Å². The number of hydrogen-bond acceptors (Lipinski definition) is 2. The summed E-state index contributed by atoms with van der Waals surface area (Å²) in [6, 6.07) is 0.623. The second kappa shape index (κ2) is 4.55. The lowest BCUT2D eigenvalue weighted by Gasteiger charge is -2.52. The van der Waals surface area contributed by atoms with E-state index >= 15 is 0 Å². The second-order valence-corrected chi connectivity index (χ2v) is 6.91. The van der Waals surface area contributed by atoms with Crippen LogP contribution >= 0.6 is 0 Å². The van der Waals surface area contributed by atoms with Crippen LogP contribution < -0.4 is 5.32 Å². The van der Waals surface area contributed by atoms with E-state index in [1.165, 1.54) is 44.9 Å². The summed E-state index contributed by atoms with van der Waals surface area (Å²) in [7, 11) is 0. The van der Waals surface area contributed by atoms with Gasteiger partial charge in [-0.05, 0) is 37.5 Å². The summed E-state index contributed by atoms with van der Waals surface area (Å²) in [5, 5.41) is 4.02. The molecule has 1 aliphatic heterocycles. The van der Waals surface area contributed by atoms with Crippen LogP contribution in [0.25, 0.3) is 0 Å². The number of nitrogens with one attached hydrogen (secondary N) is 1. The minimum Gasteiger partial charge on any atom is -0.375 e. The van der Waals surface area contributed by atoms with Crippen LogP contribution in [0.2, 0.25) is 0 Å². The highest BCUT2D eigenvalue weighted by Crippen LogP contribution is 2.39. The van der Waals surface area contributed by atoms with Crippen molar-refractivity contribution >= 4 is 0 Å². The minimum absolute atomic E-state index is 0.342. The predicted molar refractivity (Wildman–Crippen MR) is 70.0 cm³/mol. The minimum atomic E-state index is 0.342. The summed E-state index contributed by atoms with van der Waals surface area (Å²) in [6.07, 6.45) is 9.98. The zero-order chi connectivity index (χ0) is 11.9. The lowest BCUT2D eigenvalue weighted by molar-refractivity contribution is -0.109. The largest absolute Gasteiger partial charge is 0.375 e. The molecule has 98 valence electrons. The van der Waals surface area contributed by atoms with E-state index < -0.39 is 0 Å². The van der Waals surface area contributed by atoms with Gasteiger partial charge in [0.15, 0.2) is 0 Å². The quantitative estimate of drug-likeness (QED) is 0.699. The molecular weight excluding hydrogens is 210 g/mol. The maximum Gasteiger partial charge on any atom is 0.0734 e. The van der Waals surface area contributed by atoms with Crippen LogP contribution in [0.1, 0.15) is 58.8 Å². The third kappa shape index (κ3) is 2.26. The van der Waals surface area contributed by atoms with E-state index in [9.17, 15) is 0 Å². The zero-order valence-electron chi connectivity index (χ0n) is 11.4. The maximum absolute atomic E-state index is 6.25. The standard InChI is InChI=1S/C15H27NO/c1-11-8-12(2)14-13(9-11)17-10-15(16-14)6-4-3-5-7-15/h11-14,16H,3-10H2,1-2H3. The molecule has 2 aliphatic carbocycles. The van der Waals surface area contributed by atoms with Gasteiger partial charge in [0, 0.05) is 11.6 Å². The van der Waals surface area contributed by atoms with Crippen molar-refractivity contribution in [3.05, 3.63) is 0 Å². The first kappa shape index (κ1) is 12.0. The van der Waals surface area contributed by atoms with Crippen LogP contribution in [-0.4, -0.2) is 24.3 Å². The van der Waals surface area contributed by atoms with E-state index in [0.29, 0.717) is 17.7 Å². The third-order valence-corrected chi connectivity index (χ3v) is 5.28. The third-order valence-electron chi connectivity index (χ3n) is 5.28. The van der Waals surface area contributed by atoms with E-state index in [0.717, 1.165) is 18.4 Å². The summed E-state index contributed by atoms with van der Waals surface area (Å²) in [5.41, 5.74) is 0.342. The number of fused-ring (bicyclic) bond motifs is 1. The van der Waals surface area contributed by atoms with Crippen LogP contribution in [0.5, 0.6) is 0 Å². The summed E-state index contributed by atoms with van der Waals surface area (Å²) in [5.74, 6) is 1.62. The summed E-state index contributed by atoms with van der Waals surface area (Å²) < 4.78 is 6.25. The topological polar surface area (TPSA) is 21.3 Å². The molecule has 3 rings (SSSR count). The van der Waals surface area contributed by atoms with Crippen LogP contribution in [-0.2, 0) is 4.74 Å². The molecule has 1 spiro atoms. The van der Waals surface area contributed by atoms with Crippen molar-refractivity contribution in [2.45, 2.75) is 76.5 Å². The summed E-state index contributed by atoms with van der Waals surface area (Å²) >= 11 is 0. The van der Waals surface area contributed by atoms with Gasteiger partial charge in [-0.2, -0.15) is 0 Å². The predicted octanol–water partition coefficient (Wildman–Crippen LogP) is 3.11. The molecule has 4 unspecified atom stereocenters. The highest BCUT2D eigenvalue weighted by molar-refractivity contribution is 5.02. The fraction of sp³-hybridized carbons (Fsp3) is 1.00. The molecule has 2 saturated carbocycles. The lowest BCUT2D eigenvalue weighted by Crippen LogP contribution is -2.66. The normalized spacial score (nSPS) is 45.5. The molecule has 0 amide bonds. The monoisotopic (exact) mass is 237 g/mol. The Morgan fingerprint density at radius 3 is 2.59 bits per heavy atom. The van der Waals surface area contributed by atoms with E-state index in [2.05, 4.69) is 19.2 Å². The smallest absolute Gasteiger partial charge is 0.0734 e. The van der Waals surface area contributed by atoms with Gasteiger partial charge in [0.05, 0.1) is 12.7 Å². The molecule has 4 atom stereocenters. The fourth-order valence-corrected chi connectivity index (χ4v) is 4.37. The Labute approximate surface area is 105 Å². The van der Waals surface area contributed by atoms with Crippen molar-refractivity contribution in [1.29, 1.82) is 0 Å². The average molecular weight is 237 g/mol. The molecule has 1 saturated heterocycles. The molecule has 0 aromatic heterocycles. The van der Waals surface area contributed by atoms with Gasteiger partial charge in [0.2, 0.25) is 0 Å².